The maximum atomic E-state index is 13.4. The second-order valence-corrected chi connectivity index (χ2v) is 13.7. The number of hydrogen-bond acceptors (Lipinski definition) is 12. The smallest absolute Gasteiger partial charge is 0.418 e. The first-order valence-electron chi connectivity index (χ1n) is 15.0. The van der Waals surface area contributed by atoms with Gasteiger partial charge >= 0.3 is 16.4 Å². The van der Waals surface area contributed by atoms with Crippen LogP contribution in [0, 0.1) is 19.8 Å². The number of carbonyl (C=O) groups is 3. The van der Waals surface area contributed by atoms with E-state index in [1.54, 1.807) is 12.1 Å². The second kappa shape index (κ2) is 14.4. The lowest BCUT2D eigenvalue weighted by Crippen LogP contribution is -2.68. The lowest BCUT2D eigenvalue weighted by Gasteiger charge is -2.50. The van der Waals surface area contributed by atoms with Crippen molar-refractivity contribution in [2.24, 2.45) is 18.1 Å². The molecule has 1 amide bonds. The first-order valence-corrected chi connectivity index (χ1v) is 17.2. The largest absolute Gasteiger partial charge is 0.489 e. The van der Waals surface area contributed by atoms with Gasteiger partial charge in [-0.25, -0.2) is 9.78 Å². The minimum atomic E-state index is -4.99. The van der Waals surface area contributed by atoms with Gasteiger partial charge in [-0.3, -0.25) is 14.1 Å². The Hall–Kier alpha value is -4.39. The number of oxime groups is 1. The fourth-order valence-corrected chi connectivity index (χ4v) is 6.44. The molecule has 1 aliphatic rings. The Morgan fingerprint density at radius 1 is 1.23 bits per heavy atom. The average molecular weight is 708 g/mol. The van der Waals surface area contributed by atoms with Crippen LogP contribution in [0.4, 0.5) is 5.13 Å². The number of aliphatic carboxylic acids is 1. The maximum absolute atomic E-state index is 13.4. The summed E-state index contributed by atoms with van der Waals surface area (Å²) in [6.07, 6.45) is 0.0139. The van der Waals surface area contributed by atoms with Crippen LogP contribution in [0.5, 0.6) is 5.75 Å². The Morgan fingerprint density at radius 3 is 2.44 bits per heavy atom. The van der Waals surface area contributed by atoms with Crippen molar-refractivity contribution in [3.8, 4) is 16.9 Å². The van der Waals surface area contributed by atoms with Crippen molar-refractivity contribution >= 4 is 50.2 Å². The number of hydrogen-bond donors (Lipinski definition) is 3. The fourth-order valence-electron chi connectivity index (χ4n) is 5.44. The standard InChI is InChI=1S/C30H38N6O10S2/c1-7-8-13-35-18(3)25(17(2)34(35)6)19-9-11-20(12-10-19)44-15-24(28(39)40)45-33-26(22-16-47-29(31)32-22)23(37)14-21-27(38)36(30(21,4)5)46-48(41,42)43/h9-12,16,21,24H,7-8,13-15H2,1-6H3,(H3-,31,32,39,40,41,42,43)/p+1/b33-26-/t21-,24+/m1/s1. The zero-order valence-electron chi connectivity index (χ0n) is 27.4. The Balaban J connectivity index is 1.48. The van der Waals surface area contributed by atoms with Crippen LogP contribution in [0.2, 0.25) is 0 Å². The van der Waals surface area contributed by atoms with Crippen molar-refractivity contribution in [2.45, 2.75) is 72.1 Å². The molecule has 0 aliphatic carbocycles. The molecule has 3 heterocycles. The van der Waals surface area contributed by atoms with Crippen LogP contribution in [0.15, 0.2) is 34.8 Å². The molecule has 2 atom stereocenters. The molecule has 1 aliphatic heterocycles. The van der Waals surface area contributed by atoms with Gasteiger partial charge in [-0.2, -0.15) is 18.2 Å². The number of benzene rings is 1. The highest BCUT2D eigenvalue weighted by Gasteiger charge is 2.57. The molecular weight excluding hydrogens is 668 g/mol. The van der Waals surface area contributed by atoms with Crippen molar-refractivity contribution in [3.63, 3.8) is 0 Å². The fraction of sp³-hybridized carbons (Fsp3) is 0.467. The van der Waals surface area contributed by atoms with Gasteiger partial charge in [0.25, 0.3) is 12.0 Å². The Bertz CT molecular complexity index is 1830. The molecule has 48 heavy (non-hydrogen) atoms. The highest BCUT2D eigenvalue weighted by molar-refractivity contribution is 7.80. The summed E-state index contributed by atoms with van der Waals surface area (Å²) in [5.41, 5.74) is 8.33. The molecule has 0 bridgehead atoms. The molecule has 3 aromatic rings. The normalized spacial score (nSPS) is 16.8. The van der Waals surface area contributed by atoms with Crippen molar-refractivity contribution in [3.05, 3.63) is 46.7 Å². The number of nitrogen functional groups attached to an aromatic ring is 1. The molecule has 18 heteroatoms. The van der Waals surface area contributed by atoms with Crippen LogP contribution < -0.4 is 15.2 Å². The molecular formula is C30H39N6O10S2+. The summed E-state index contributed by atoms with van der Waals surface area (Å²) in [4.78, 5) is 47.3. The number of ketones is 1. The number of thiazole rings is 1. The number of nitrogens with zero attached hydrogens (tertiary/aromatic N) is 5. The maximum Gasteiger partial charge on any atom is 0.418 e. The summed E-state index contributed by atoms with van der Waals surface area (Å²) < 4.78 is 45.7. The van der Waals surface area contributed by atoms with Crippen molar-refractivity contribution in [1.29, 1.82) is 0 Å². The number of β-lactam (4-membered cyclic amide) rings is 1. The minimum Gasteiger partial charge on any atom is -0.489 e. The van der Waals surface area contributed by atoms with Gasteiger partial charge in [-0.1, -0.05) is 30.6 Å². The number of anilines is 1. The van der Waals surface area contributed by atoms with E-state index in [0.717, 1.165) is 53.2 Å². The van der Waals surface area contributed by atoms with Crippen molar-refractivity contribution in [2.75, 3.05) is 12.3 Å². The van der Waals surface area contributed by atoms with Gasteiger partial charge in [0, 0.05) is 18.7 Å². The summed E-state index contributed by atoms with van der Waals surface area (Å²) in [5.74, 6) is -3.74. The van der Waals surface area contributed by atoms with Gasteiger partial charge < -0.3 is 20.4 Å². The zero-order valence-corrected chi connectivity index (χ0v) is 29.0. The highest BCUT2D eigenvalue weighted by atomic mass is 32.3. The first-order chi connectivity index (χ1) is 22.5. The summed E-state index contributed by atoms with van der Waals surface area (Å²) in [6.45, 7) is 9.59. The molecule has 4 rings (SSSR count). The number of carboxylic acids is 1. The molecule has 0 saturated carbocycles. The predicted molar refractivity (Wildman–Crippen MR) is 173 cm³/mol. The average Bonchev–Trinajstić information content (AvgIpc) is 3.53. The van der Waals surface area contributed by atoms with Gasteiger partial charge in [-0.15, -0.1) is 20.3 Å². The van der Waals surface area contributed by atoms with Gasteiger partial charge in [0.2, 0.25) is 5.69 Å². The van der Waals surface area contributed by atoms with Gasteiger partial charge in [0.15, 0.2) is 23.7 Å². The molecule has 0 spiro atoms. The zero-order chi connectivity index (χ0) is 35.6. The van der Waals surface area contributed by atoms with Gasteiger partial charge in [0.1, 0.15) is 18.1 Å². The number of unbranched alkanes of at least 4 members (excludes halogenated alkanes) is 1. The Kier molecular flexibility index (Phi) is 10.9. The molecule has 1 fully saturated rings. The quantitative estimate of drug-likeness (QED) is 0.0644. The number of carbonyl (C=O) groups excluding carboxylic acids is 2. The molecule has 4 N–H and O–H groups in total. The number of rotatable bonds is 16. The van der Waals surface area contributed by atoms with Crippen LogP contribution in [0.1, 0.15) is 57.1 Å². The third kappa shape index (κ3) is 7.83. The number of ether oxygens (including phenoxy) is 1. The summed E-state index contributed by atoms with van der Waals surface area (Å²) in [7, 11) is -2.96. The number of hydroxylamine groups is 2. The third-order valence-electron chi connectivity index (χ3n) is 8.23. The molecule has 1 aromatic carbocycles. The van der Waals surface area contributed by atoms with Gasteiger partial charge in [0.05, 0.1) is 29.3 Å². The van der Waals surface area contributed by atoms with Crippen LogP contribution in [-0.4, -0.2) is 74.4 Å². The minimum absolute atomic E-state index is 0.0127. The van der Waals surface area contributed by atoms with E-state index in [4.69, 9.17) is 19.9 Å². The number of nitrogens with two attached hydrogens (primary N) is 1. The number of Topliss-reactive ketones (excluding diaryl/α,β-unsaturated/α-hetero) is 1. The van der Waals surface area contributed by atoms with E-state index in [9.17, 15) is 27.9 Å². The van der Waals surface area contributed by atoms with E-state index in [-0.39, 0.29) is 10.8 Å². The van der Waals surface area contributed by atoms with Crippen molar-refractivity contribution in [1.82, 2.24) is 14.7 Å². The first kappa shape index (κ1) is 36.4. The van der Waals surface area contributed by atoms with Crippen LogP contribution in [0.3, 0.4) is 0 Å². The SMILES string of the molecule is CCCCn1c(C)c(-c2ccc(OC[C@H](O/N=C(\C(=O)C[C@@H]3C(=O)N(OS(=O)(=O)O)C3(C)C)c3csc(N)n3)C(=O)O)cc2)c(C)[n+]1C. The molecule has 0 radical (unpaired) electrons. The molecule has 260 valence electrons. The predicted octanol–water partition coefficient (Wildman–Crippen LogP) is 2.62. The summed E-state index contributed by atoms with van der Waals surface area (Å²) in [5, 5.41) is 15.6. The number of carboxylic acid groups (broad SMARTS) is 1. The lowest BCUT2D eigenvalue weighted by atomic mass is 9.74. The lowest BCUT2D eigenvalue weighted by molar-refractivity contribution is -0.759. The molecule has 0 unspecified atom stereocenters. The third-order valence-corrected chi connectivity index (χ3v) is 9.25. The monoisotopic (exact) mass is 707 g/mol. The molecule has 1 saturated heterocycles. The van der Waals surface area contributed by atoms with Crippen LogP contribution in [0.25, 0.3) is 11.1 Å². The van der Waals surface area contributed by atoms with E-state index >= 15 is 0 Å². The number of aromatic nitrogens is 3. The second-order valence-electron chi connectivity index (χ2n) is 11.8. The highest BCUT2D eigenvalue weighted by Crippen LogP contribution is 2.40. The Labute approximate surface area is 281 Å². The topological polar surface area (TPSA) is 217 Å². The van der Waals surface area contributed by atoms with E-state index in [1.165, 1.54) is 19.2 Å². The van der Waals surface area contributed by atoms with E-state index in [1.807, 2.05) is 19.2 Å². The van der Waals surface area contributed by atoms with E-state index in [2.05, 4.69) is 44.6 Å². The summed E-state index contributed by atoms with van der Waals surface area (Å²) in [6, 6.07) is 7.22. The van der Waals surface area contributed by atoms with Crippen LogP contribution in [-0.2, 0) is 47.5 Å². The Morgan fingerprint density at radius 2 is 1.90 bits per heavy atom. The van der Waals surface area contributed by atoms with Crippen molar-refractivity contribution < 1.29 is 51.0 Å². The summed E-state index contributed by atoms with van der Waals surface area (Å²) >= 11 is 0.995. The number of amides is 1. The molecule has 16 nitrogen and oxygen atoms in total. The molecule has 2 aromatic heterocycles. The van der Waals surface area contributed by atoms with E-state index in [0.29, 0.717) is 10.8 Å². The van der Waals surface area contributed by atoms with Crippen LogP contribution >= 0.6 is 11.3 Å². The van der Waals surface area contributed by atoms with E-state index < -0.39 is 64.4 Å². The van der Waals surface area contributed by atoms with Gasteiger partial charge in [-0.05, 0) is 44.9 Å².